The molecule has 112 valence electrons. The summed E-state index contributed by atoms with van der Waals surface area (Å²) in [4.78, 5) is 10.1. The monoisotopic (exact) mass is 303 g/mol. The van der Waals surface area contributed by atoms with Gasteiger partial charge in [-0.1, -0.05) is 6.07 Å². The van der Waals surface area contributed by atoms with Crippen molar-refractivity contribution in [2.75, 3.05) is 7.11 Å². The third-order valence-electron chi connectivity index (χ3n) is 3.51. The summed E-state index contributed by atoms with van der Waals surface area (Å²) >= 11 is 1.53. The van der Waals surface area contributed by atoms with Crippen molar-refractivity contribution in [3.8, 4) is 5.75 Å². The van der Waals surface area contributed by atoms with Crippen molar-refractivity contribution in [3.05, 3.63) is 40.7 Å². The van der Waals surface area contributed by atoms with E-state index in [4.69, 9.17) is 10.5 Å². The number of ether oxygens (including phenoxy) is 1. The average molecular weight is 303 g/mol. The van der Waals surface area contributed by atoms with Crippen molar-refractivity contribution in [1.82, 2.24) is 9.97 Å². The molecule has 0 saturated heterocycles. The highest BCUT2D eigenvalue weighted by Gasteiger charge is 2.15. The van der Waals surface area contributed by atoms with E-state index in [1.165, 1.54) is 11.8 Å². The van der Waals surface area contributed by atoms with Gasteiger partial charge in [0.1, 0.15) is 5.75 Å². The molecule has 0 radical (unpaired) electrons. The van der Waals surface area contributed by atoms with Crippen LogP contribution in [0.5, 0.6) is 5.75 Å². The number of rotatable bonds is 4. The Bertz CT molecular complexity index is 633. The summed E-state index contributed by atoms with van der Waals surface area (Å²) in [5.41, 5.74) is 10.2. The molecule has 0 aliphatic rings. The summed E-state index contributed by atoms with van der Waals surface area (Å²) in [5.74, 6) is 0.801. The van der Waals surface area contributed by atoms with E-state index in [1.807, 2.05) is 45.9 Å². The van der Waals surface area contributed by atoms with Crippen LogP contribution in [0.4, 0.5) is 0 Å². The normalized spacial score (nSPS) is 12.3. The fourth-order valence-corrected chi connectivity index (χ4v) is 3.23. The van der Waals surface area contributed by atoms with Crippen molar-refractivity contribution < 1.29 is 4.74 Å². The van der Waals surface area contributed by atoms with Gasteiger partial charge in [0.25, 0.3) is 0 Å². The predicted molar refractivity (Wildman–Crippen MR) is 86.0 cm³/mol. The second kappa shape index (κ2) is 6.45. The van der Waals surface area contributed by atoms with Gasteiger partial charge in [-0.25, -0.2) is 9.97 Å². The van der Waals surface area contributed by atoms with Crippen molar-refractivity contribution in [3.63, 3.8) is 0 Å². The molecule has 5 heteroatoms. The second-order valence-electron chi connectivity index (χ2n) is 5.06. The largest absolute Gasteiger partial charge is 0.496 e. The van der Waals surface area contributed by atoms with Crippen LogP contribution in [0.15, 0.2) is 28.3 Å². The zero-order valence-corrected chi connectivity index (χ0v) is 13.9. The highest BCUT2D eigenvalue weighted by Crippen LogP contribution is 2.36. The first kappa shape index (κ1) is 15.8. The van der Waals surface area contributed by atoms with Crippen LogP contribution < -0.4 is 10.5 Å². The van der Waals surface area contributed by atoms with Gasteiger partial charge < -0.3 is 10.5 Å². The van der Waals surface area contributed by atoms with E-state index in [2.05, 4.69) is 9.97 Å². The standard InChI is InChI=1S/C16H21N3OS/c1-9-11(3)18-16(19-12(9)4)21-14-8-6-7-13(20-5)15(14)10(2)17/h6-8,10H,17H2,1-5H3. The highest BCUT2D eigenvalue weighted by molar-refractivity contribution is 7.99. The molecule has 2 rings (SSSR count). The zero-order valence-electron chi connectivity index (χ0n) is 13.1. The van der Waals surface area contributed by atoms with Gasteiger partial charge in [-0.05, 0) is 57.2 Å². The molecule has 0 spiro atoms. The number of aromatic nitrogens is 2. The minimum Gasteiger partial charge on any atom is -0.496 e. The first-order chi connectivity index (χ1) is 9.93. The van der Waals surface area contributed by atoms with Crippen molar-refractivity contribution in [2.24, 2.45) is 5.73 Å². The molecule has 2 aromatic rings. The number of hydrogen-bond acceptors (Lipinski definition) is 5. The lowest BCUT2D eigenvalue weighted by Crippen LogP contribution is -2.08. The fourth-order valence-electron chi connectivity index (χ4n) is 2.13. The molecule has 21 heavy (non-hydrogen) atoms. The lowest BCUT2D eigenvalue weighted by molar-refractivity contribution is 0.405. The molecule has 0 fully saturated rings. The Labute approximate surface area is 130 Å². The molecule has 0 amide bonds. The minimum absolute atomic E-state index is 0.115. The maximum absolute atomic E-state index is 6.09. The summed E-state index contributed by atoms with van der Waals surface area (Å²) < 4.78 is 5.42. The Morgan fingerprint density at radius 2 is 1.76 bits per heavy atom. The molecule has 1 aromatic carbocycles. The van der Waals surface area contributed by atoms with Crippen molar-refractivity contribution in [1.29, 1.82) is 0 Å². The molecule has 0 bridgehead atoms. The zero-order chi connectivity index (χ0) is 15.6. The molecule has 0 saturated carbocycles. The van der Waals surface area contributed by atoms with Crippen LogP contribution in [0, 0.1) is 20.8 Å². The van der Waals surface area contributed by atoms with Gasteiger partial charge >= 0.3 is 0 Å². The lowest BCUT2D eigenvalue weighted by atomic mass is 10.1. The van der Waals surface area contributed by atoms with Gasteiger partial charge in [0.2, 0.25) is 0 Å². The average Bonchev–Trinajstić information content (AvgIpc) is 2.44. The number of hydrogen-bond donors (Lipinski definition) is 1. The molecule has 1 aromatic heterocycles. The third-order valence-corrected chi connectivity index (χ3v) is 4.46. The van der Waals surface area contributed by atoms with Crippen LogP contribution in [-0.2, 0) is 0 Å². The smallest absolute Gasteiger partial charge is 0.192 e. The Morgan fingerprint density at radius 3 is 2.29 bits per heavy atom. The van der Waals surface area contributed by atoms with Crippen LogP contribution in [0.25, 0.3) is 0 Å². The Balaban J connectivity index is 2.44. The van der Waals surface area contributed by atoms with Gasteiger partial charge in [-0.3, -0.25) is 0 Å². The van der Waals surface area contributed by atoms with Gasteiger partial charge in [0, 0.05) is 27.9 Å². The van der Waals surface area contributed by atoms with E-state index in [9.17, 15) is 0 Å². The van der Waals surface area contributed by atoms with Gasteiger partial charge in [-0.2, -0.15) is 0 Å². The van der Waals surface area contributed by atoms with E-state index in [0.717, 1.165) is 38.3 Å². The number of aryl methyl sites for hydroxylation is 2. The molecule has 1 unspecified atom stereocenters. The molecular weight excluding hydrogens is 282 g/mol. The highest BCUT2D eigenvalue weighted by atomic mass is 32.2. The molecular formula is C16H21N3OS. The maximum atomic E-state index is 6.09. The van der Waals surface area contributed by atoms with Crippen LogP contribution in [0.3, 0.4) is 0 Å². The maximum Gasteiger partial charge on any atom is 0.192 e. The summed E-state index contributed by atoms with van der Waals surface area (Å²) in [5, 5.41) is 0.741. The van der Waals surface area contributed by atoms with E-state index in [1.54, 1.807) is 7.11 Å². The first-order valence-electron chi connectivity index (χ1n) is 6.86. The number of nitrogens with two attached hydrogens (primary N) is 1. The quantitative estimate of drug-likeness (QED) is 0.875. The van der Waals surface area contributed by atoms with Crippen molar-refractivity contribution >= 4 is 11.8 Å². The third kappa shape index (κ3) is 3.36. The summed E-state index contributed by atoms with van der Waals surface area (Å²) in [7, 11) is 1.66. The SMILES string of the molecule is COc1cccc(Sc2nc(C)c(C)c(C)n2)c1C(C)N. The van der Waals surface area contributed by atoms with Gasteiger partial charge in [0.15, 0.2) is 5.16 Å². The topological polar surface area (TPSA) is 61.0 Å². The Kier molecular flexibility index (Phi) is 4.85. The molecule has 1 atom stereocenters. The van der Waals surface area contributed by atoms with Crippen molar-refractivity contribution in [2.45, 2.75) is 43.8 Å². The molecule has 4 nitrogen and oxygen atoms in total. The summed E-state index contributed by atoms with van der Waals surface area (Å²) in [6.45, 7) is 8.00. The van der Waals surface area contributed by atoms with Crippen LogP contribution >= 0.6 is 11.8 Å². The number of methoxy groups -OCH3 is 1. The molecule has 1 heterocycles. The van der Waals surface area contributed by atoms with E-state index < -0.39 is 0 Å². The van der Waals surface area contributed by atoms with Gasteiger partial charge in [0.05, 0.1) is 7.11 Å². The van der Waals surface area contributed by atoms with Crippen LogP contribution in [0.1, 0.15) is 35.5 Å². The lowest BCUT2D eigenvalue weighted by Gasteiger charge is -2.16. The molecule has 2 N–H and O–H groups in total. The first-order valence-corrected chi connectivity index (χ1v) is 7.67. The van der Waals surface area contributed by atoms with E-state index >= 15 is 0 Å². The van der Waals surface area contributed by atoms with E-state index in [0.29, 0.717) is 0 Å². The number of benzene rings is 1. The van der Waals surface area contributed by atoms with Crippen LogP contribution in [0.2, 0.25) is 0 Å². The van der Waals surface area contributed by atoms with E-state index in [-0.39, 0.29) is 6.04 Å². The predicted octanol–water partition coefficient (Wildman–Crippen LogP) is 3.58. The fraction of sp³-hybridized carbons (Fsp3) is 0.375. The Morgan fingerprint density at radius 1 is 1.14 bits per heavy atom. The summed E-state index contributed by atoms with van der Waals surface area (Å²) in [6.07, 6.45) is 0. The molecule has 0 aliphatic heterocycles. The number of nitrogens with zero attached hydrogens (tertiary/aromatic N) is 2. The Hall–Kier alpha value is -1.59. The minimum atomic E-state index is -0.115. The van der Waals surface area contributed by atoms with Gasteiger partial charge in [-0.15, -0.1) is 0 Å². The van der Waals surface area contributed by atoms with Crippen LogP contribution in [-0.4, -0.2) is 17.1 Å². The molecule has 0 aliphatic carbocycles. The summed E-state index contributed by atoms with van der Waals surface area (Å²) in [6, 6.07) is 5.80. The second-order valence-corrected chi connectivity index (χ2v) is 6.07.